The van der Waals surface area contributed by atoms with E-state index >= 15 is 0 Å². The van der Waals surface area contributed by atoms with Crippen molar-refractivity contribution in [3.05, 3.63) is 29.8 Å². The highest BCUT2D eigenvalue weighted by Crippen LogP contribution is 2.32. The van der Waals surface area contributed by atoms with Gasteiger partial charge < -0.3 is 16.0 Å². The van der Waals surface area contributed by atoms with Crippen LogP contribution in [0.15, 0.2) is 24.3 Å². The molecular weight excluding hydrogens is 238 g/mol. The van der Waals surface area contributed by atoms with E-state index < -0.39 is 0 Å². The summed E-state index contributed by atoms with van der Waals surface area (Å²) >= 11 is 0. The van der Waals surface area contributed by atoms with Gasteiger partial charge in [-0.3, -0.25) is 4.79 Å². The number of carbonyl (C=O) groups is 1. The zero-order valence-electron chi connectivity index (χ0n) is 11.9. The fourth-order valence-corrected chi connectivity index (χ4v) is 2.81. The summed E-state index contributed by atoms with van der Waals surface area (Å²) in [6, 6.07) is 7.86. The van der Waals surface area contributed by atoms with Crippen LogP contribution in [0.4, 0.5) is 5.69 Å². The van der Waals surface area contributed by atoms with Crippen molar-refractivity contribution in [2.75, 3.05) is 18.0 Å². The Morgan fingerprint density at radius 1 is 1.42 bits per heavy atom. The van der Waals surface area contributed by atoms with Crippen LogP contribution in [0.2, 0.25) is 0 Å². The van der Waals surface area contributed by atoms with E-state index in [9.17, 15) is 4.79 Å². The summed E-state index contributed by atoms with van der Waals surface area (Å²) in [5.74, 6) is 0.0244. The highest BCUT2D eigenvalue weighted by Gasteiger charge is 2.38. The second-order valence-corrected chi connectivity index (χ2v) is 5.76. The molecule has 19 heavy (non-hydrogen) atoms. The average Bonchev–Trinajstić information content (AvgIpc) is 2.46. The van der Waals surface area contributed by atoms with Crippen molar-refractivity contribution in [2.24, 2.45) is 5.73 Å². The van der Waals surface area contributed by atoms with E-state index in [1.54, 1.807) is 0 Å². The third-order valence-corrected chi connectivity index (χ3v) is 3.90. The molecule has 1 amide bonds. The molecule has 1 unspecified atom stereocenters. The zero-order chi connectivity index (χ0) is 14.0. The zero-order valence-corrected chi connectivity index (χ0v) is 11.9. The summed E-state index contributed by atoms with van der Waals surface area (Å²) < 4.78 is 0. The molecule has 4 heteroatoms. The van der Waals surface area contributed by atoms with E-state index in [2.05, 4.69) is 43.1 Å². The number of amides is 1. The van der Waals surface area contributed by atoms with Gasteiger partial charge in [0.25, 0.3) is 0 Å². The topological polar surface area (TPSA) is 58.4 Å². The molecule has 4 nitrogen and oxygen atoms in total. The second kappa shape index (κ2) is 5.21. The van der Waals surface area contributed by atoms with Crippen molar-refractivity contribution in [1.29, 1.82) is 0 Å². The molecule has 1 saturated heterocycles. The predicted molar refractivity (Wildman–Crippen MR) is 78.2 cm³/mol. The molecule has 1 fully saturated rings. The summed E-state index contributed by atoms with van der Waals surface area (Å²) in [4.78, 5) is 14.4. The number of aryl methyl sites for hydroxylation is 1. The Bertz CT molecular complexity index is 470. The highest BCUT2D eigenvalue weighted by atomic mass is 16.2. The third-order valence-electron chi connectivity index (χ3n) is 3.90. The normalized spacial score (nSPS) is 22.8. The van der Waals surface area contributed by atoms with Gasteiger partial charge in [0, 0.05) is 24.3 Å². The minimum atomic E-state index is -0.307. The molecule has 1 aromatic rings. The van der Waals surface area contributed by atoms with Gasteiger partial charge in [-0.15, -0.1) is 0 Å². The Hall–Kier alpha value is -1.55. The number of carbonyl (C=O) groups excluding carboxylic acids is 1. The maximum absolute atomic E-state index is 12.2. The molecule has 1 aliphatic rings. The lowest BCUT2D eigenvalue weighted by Crippen LogP contribution is -2.56. The first kappa shape index (κ1) is 13.9. The Morgan fingerprint density at radius 3 is 2.74 bits per heavy atom. The number of nitrogens with one attached hydrogen (secondary N) is 1. The quantitative estimate of drug-likeness (QED) is 0.846. The van der Waals surface area contributed by atoms with Crippen LogP contribution in [-0.2, 0) is 4.79 Å². The maximum atomic E-state index is 12.2. The third kappa shape index (κ3) is 2.59. The van der Waals surface area contributed by atoms with Gasteiger partial charge in [0.2, 0.25) is 5.91 Å². The summed E-state index contributed by atoms with van der Waals surface area (Å²) in [7, 11) is 0. The van der Waals surface area contributed by atoms with Crippen LogP contribution in [0.5, 0.6) is 0 Å². The number of benzene rings is 1. The summed E-state index contributed by atoms with van der Waals surface area (Å²) in [5.41, 5.74) is 8.02. The van der Waals surface area contributed by atoms with Crippen molar-refractivity contribution in [2.45, 2.75) is 38.8 Å². The van der Waals surface area contributed by atoms with E-state index in [1.807, 2.05) is 12.1 Å². The predicted octanol–water partition coefficient (Wildman–Crippen LogP) is 1.43. The molecule has 0 bridgehead atoms. The number of para-hydroxylation sites is 1. The molecule has 0 aliphatic carbocycles. The molecule has 0 aromatic heterocycles. The first-order valence-electron chi connectivity index (χ1n) is 6.80. The van der Waals surface area contributed by atoms with Crippen LogP contribution in [0.25, 0.3) is 0 Å². The maximum Gasteiger partial charge on any atom is 0.244 e. The number of nitrogens with two attached hydrogens (primary N) is 1. The molecule has 1 aromatic carbocycles. The standard InChI is InChI=1S/C15H23N3O/c1-11-6-4-5-7-12(11)18-13(10-16)14(19)17-9-8-15(18,2)3/h4-7,13H,8-10,16H2,1-3H3,(H,17,19). The van der Waals surface area contributed by atoms with Crippen molar-refractivity contribution in [1.82, 2.24) is 5.32 Å². The van der Waals surface area contributed by atoms with Gasteiger partial charge in [-0.1, -0.05) is 18.2 Å². The van der Waals surface area contributed by atoms with Crippen LogP contribution in [0.3, 0.4) is 0 Å². The van der Waals surface area contributed by atoms with Gasteiger partial charge in [0.05, 0.1) is 0 Å². The van der Waals surface area contributed by atoms with Crippen molar-refractivity contribution in [3.63, 3.8) is 0 Å². The van der Waals surface area contributed by atoms with Gasteiger partial charge in [-0.2, -0.15) is 0 Å². The van der Waals surface area contributed by atoms with Crippen LogP contribution in [0.1, 0.15) is 25.8 Å². The SMILES string of the molecule is Cc1ccccc1N1C(CN)C(=O)NCCC1(C)C. The lowest BCUT2D eigenvalue weighted by molar-refractivity contribution is -0.121. The number of anilines is 1. The number of nitrogens with zero attached hydrogens (tertiary/aromatic N) is 1. The molecule has 0 radical (unpaired) electrons. The fourth-order valence-electron chi connectivity index (χ4n) is 2.81. The minimum Gasteiger partial charge on any atom is -0.354 e. The molecule has 1 atom stereocenters. The van der Waals surface area contributed by atoms with Gasteiger partial charge in [-0.25, -0.2) is 0 Å². The van der Waals surface area contributed by atoms with Crippen molar-refractivity contribution < 1.29 is 4.79 Å². The van der Waals surface area contributed by atoms with Crippen LogP contribution in [-0.4, -0.2) is 30.6 Å². The van der Waals surface area contributed by atoms with Gasteiger partial charge in [0.1, 0.15) is 6.04 Å². The first-order chi connectivity index (χ1) is 8.97. The average molecular weight is 261 g/mol. The molecule has 3 N–H and O–H groups in total. The van der Waals surface area contributed by atoms with E-state index in [1.165, 1.54) is 5.56 Å². The Labute approximate surface area is 115 Å². The largest absolute Gasteiger partial charge is 0.354 e. The summed E-state index contributed by atoms with van der Waals surface area (Å²) in [6.07, 6.45) is 0.906. The molecular formula is C15H23N3O. The number of rotatable bonds is 2. The second-order valence-electron chi connectivity index (χ2n) is 5.76. The lowest BCUT2D eigenvalue weighted by Gasteiger charge is -2.43. The van der Waals surface area contributed by atoms with Gasteiger partial charge >= 0.3 is 0 Å². The summed E-state index contributed by atoms with van der Waals surface area (Å²) in [5, 5.41) is 2.96. The van der Waals surface area contributed by atoms with E-state index in [0.717, 1.165) is 12.1 Å². The Kier molecular flexibility index (Phi) is 3.80. The molecule has 0 spiro atoms. The lowest BCUT2D eigenvalue weighted by atomic mass is 9.94. The first-order valence-corrected chi connectivity index (χ1v) is 6.80. The van der Waals surface area contributed by atoms with Gasteiger partial charge in [0.15, 0.2) is 0 Å². The smallest absolute Gasteiger partial charge is 0.244 e. The van der Waals surface area contributed by atoms with Crippen LogP contribution in [0, 0.1) is 6.92 Å². The number of hydrogen-bond donors (Lipinski definition) is 2. The Morgan fingerprint density at radius 2 is 2.11 bits per heavy atom. The van der Waals surface area contributed by atoms with E-state index in [-0.39, 0.29) is 17.5 Å². The monoisotopic (exact) mass is 261 g/mol. The van der Waals surface area contributed by atoms with Crippen molar-refractivity contribution in [3.8, 4) is 0 Å². The van der Waals surface area contributed by atoms with E-state index in [0.29, 0.717) is 13.1 Å². The van der Waals surface area contributed by atoms with E-state index in [4.69, 9.17) is 5.73 Å². The number of hydrogen-bond acceptors (Lipinski definition) is 3. The minimum absolute atomic E-state index is 0.0244. The van der Waals surface area contributed by atoms with Crippen LogP contribution >= 0.6 is 0 Å². The van der Waals surface area contributed by atoms with Gasteiger partial charge in [-0.05, 0) is 38.8 Å². The molecule has 0 saturated carbocycles. The molecule has 104 valence electrons. The van der Waals surface area contributed by atoms with Crippen molar-refractivity contribution >= 4 is 11.6 Å². The molecule has 1 aliphatic heterocycles. The molecule has 2 rings (SSSR count). The van der Waals surface area contributed by atoms with Crippen LogP contribution < -0.4 is 16.0 Å². The fraction of sp³-hybridized carbons (Fsp3) is 0.533. The Balaban J connectivity index is 2.52. The molecule has 1 heterocycles. The highest BCUT2D eigenvalue weighted by molar-refractivity contribution is 5.86. The summed E-state index contributed by atoms with van der Waals surface area (Å²) in [6.45, 7) is 7.43.